The van der Waals surface area contributed by atoms with Crippen LogP contribution >= 0.6 is 0 Å². The summed E-state index contributed by atoms with van der Waals surface area (Å²) in [7, 11) is 0. The van der Waals surface area contributed by atoms with Crippen LogP contribution in [0.15, 0.2) is 18.2 Å². The number of hydrogen-bond donors (Lipinski definition) is 1. The van der Waals surface area contributed by atoms with Gasteiger partial charge in [-0.25, -0.2) is 4.39 Å². The summed E-state index contributed by atoms with van der Waals surface area (Å²) in [6.45, 7) is 5.08. The van der Waals surface area contributed by atoms with Gasteiger partial charge in [0, 0.05) is 24.2 Å². The van der Waals surface area contributed by atoms with Crippen LogP contribution in [-0.4, -0.2) is 28.7 Å². The fraction of sp³-hybridized carbons (Fsp3) is 0.529. The molecule has 1 fully saturated rings. The quantitative estimate of drug-likeness (QED) is 0.839. The van der Waals surface area contributed by atoms with Crippen molar-refractivity contribution >= 4 is 0 Å². The Bertz CT molecular complexity index is 507. The first-order valence-corrected chi connectivity index (χ1v) is 7.25. The number of halogens is 1. The molecule has 0 aliphatic carbocycles. The van der Waals surface area contributed by atoms with Crippen molar-refractivity contribution in [2.24, 2.45) is 0 Å². The lowest BCUT2D eigenvalue weighted by Crippen LogP contribution is -2.43. The maximum atomic E-state index is 13.4. The molecule has 1 aromatic rings. The summed E-state index contributed by atoms with van der Waals surface area (Å²) in [5, 5.41) is 8.82. The van der Waals surface area contributed by atoms with Gasteiger partial charge in [0.15, 0.2) is 0 Å². The molecular formula is C17H22FNO. The highest BCUT2D eigenvalue weighted by molar-refractivity contribution is 5.41. The summed E-state index contributed by atoms with van der Waals surface area (Å²) < 4.78 is 13.4. The van der Waals surface area contributed by atoms with E-state index < -0.39 is 0 Å². The molecule has 1 N–H and O–H groups in total. The summed E-state index contributed by atoms with van der Waals surface area (Å²) in [5.74, 6) is 5.19. The summed E-state index contributed by atoms with van der Waals surface area (Å²) in [4.78, 5) is 2.46. The Morgan fingerprint density at radius 2 is 2.00 bits per heavy atom. The number of aliphatic hydroxyl groups excluding tert-OH is 1. The van der Waals surface area contributed by atoms with Gasteiger partial charge >= 0.3 is 0 Å². The minimum Gasteiger partial charge on any atom is -0.384 e. The van der Waals surface area contributed by atoms with E-state index in [1.165, 1.54) is 31.4 Å². The summed E-state index contributed by atoms with van der Waals surface area (Å²) in [6.07, 6.45) is 3.70. The van der Waals surface area contributed by atoms with Crippen molar-refractivity contribution in [1.29, 1.82) is 0 Å². The molecular weight excluding hydrogens is 253 g/mol. The van der Waals surface area contributed by atoms with Crippen LogP contribution in [0.4, 0.5) is 4.39 Å². The summed E-state index contributed by atoms with van der Waals surface area (Å²) in [6, 6.07) is 5.84. The van der Waals surface area contributed by atoms with E-state index in [0.717, 1.165) is 12.1 Å². The van der Waals surface area contributed by atoms with E-state index >= 15 is 0 Å². The predicted octanol–water partition coefficient (Wildman–Crippen LogP) is 2.93. The Kier molecular flexibility index (Phi) is 5.17. The van der Waals surface area contributed by atoms with Gasteiger partial charge in [-0.1, -0.05) is 24.3 Å². The van der Waals surface area contributed by atoms with E-state index in [1.807, 2.05) is 6.07 Å². The highest BCUT2D eigenvalue weighted by Gasteiger charge is 2.25. The number of piperidine rings is 1. The monoisotopic (exact) mass is 275 g/mol. The third-order valence-electron chi connectivity index (χ3n) is 4.10. The number of likely N-dealkylation sites (tertiary alicyclic amines) is 1. The van der Waals surface area contributed by atoms with Gasteiger partial charge in [-0.05, 0) is 44.4 Å². The highest BCUT2D eigenvalue weighted by atomic mass is 19.1. The van der Waals surface area contributed by atoms with Crippen molar-refractivity contribution in [2.75, 3.05) is 6.61 Å². The molecule has 0 aromatic heterocycles. The third kappa shape index (κ3) is 3.59. The van der Waals surface area contributed by atoms with Crippen molar-refractivity contribution in [1.82, 2.24) is 4.90 Å². The Morgan fingerprint density at radius 3 is 2.65 bits per heavy atom. The fourth-order valence-corrected chi connectivity index (χ4v) is 2.92. The lowest BCUT2D eigenvalue weighted by molar-refractivity contribution is 0.0952. The Morgan fingerprint density at radius 1 is 1.30 bits per heavy atom. The zero-order valence-electron chi connectivity index (χ0n) is 12.2. The lowest BCUT2D eigenvalue weighted by atomic mass is 9.96. The molecule has 2 atom stereocenters. The highest BCUT2D eigenvalue weighted by Crippen LogP contribution is 2.25. The van der Waals surface area contributed by atoms with E-state index in [4.69, 9.17) is 5.11 Å². The SMILES string of the molecule is CC1CCCC(C)N1Cc1ccc(F)cc1C#CCO. The fourth-order valence-electron chi connectivity index (χ4n) is 2.92. The van der Waals surface area contributed by atoms with E-state index in [1.54, 1.807) is 0 Å². The van der Waals surface area contributed by atoms with E-state index in [9.17, 15) is 4.39 Å². The molecule has 0 spiro atoms. The average Bonchev–Trinajstić information content (AvgIpc) is 2.42. The van der Waals surface area contributed by atoms with Gasteiger partial charge in [-0.3, -0.25) is 4.90 Å². The molecule has 2 rings (SSSR count). The van der Waals surface area contributed by atoms with Crippen LogP contribution in [0.1, 0.15) is 44.2 Å². The molecule has 20 heavy (non-hydrogen) atoms. The zero-order chi connectivity index (χ0) is 14.5. The van der Waals surface area contributed by atoms with E-state index in [-0.39, 0.29) is 12.4 Å². The molecule has 0 saturated carbocycles. The van der Waals surface area contributed by atoms with Gasteiger partial charge in [-0.15, -0.1) is 0 Å². The molecule has 3 heteroatoms. The van der Waals surface area contributed by atoms with Crippen LogP contribution in [0.5, 0.6) is 0 Å². The van der Waals surface area contributed by atoms with Crippen LogP contribution in [0.2, 0.25) is 0 Å². The first-order chi connectivity index (χ1) is 9.61. The second-order valence-corrected chi connectivity index (χ2v) is 5.56. The van der Waals surface area contributed by atoms with Gasteiger partial charge in [-0.2, -0.15) is 0 Å². The van der Waals surface area contributed by atoms with Gasteiger partial charge in [0.1, 0.15) is 12.4 Å². The largest absolute Gasteiger partial charge is 0.384 e. The molecule has 0 radical (unpaired) electrons. The van der Waals surface area contributed by atoms with Gasteiger partial charge in [0.05, 0.1) is 0 Å². The minimum absolute atomic E-state index is 0.202. The number of aliphatic hydroxyl groups is 1. The lowest BCUT2D eigenvalue weighted by Gasteiger charge is -2.39. The van der Waals surface area contributed by atoms with Gasteiger partial charge in [0.2, 0.25) is 0 Å². The summed E-state index contributed by atoms with van der Waals surface area (Å²) >= 11 is 0. The van der Waals surface area contributed by atoms with E-state index in [0.29, 0.717) is 17.6 Å². The summed E-state index contributed by atoms with van der Waals surface area (Å²) in [5.41, 5.74) is 1.72. The van der Waals surface area contributed by atoms with Crippen molar-refractivity contribution in [2.45, 2.75) is 51.7 Å². The zero-order valence-corrected chi connectivity index (χ0v) is 12.2. The topological polar surface area (TPSA) is 23.5 Å². The molecule has 1 heterocycles. The van der Waals surface area contributed by atoms with Crippen molar-refractivity contribution in [3.05, 3.63) is 35.1 Å². The average molecular weight is 275 g/mol. The first-order valence-electron chi connectivity index (χ1n) is 7.25. The Balaban J connectivity index is 2.23. The molecule has 0 bridgehead atoms. The number of benzene rings is 1. The normalized spacial score (nSPS) is 23.2. The Hall–Kier alpha value is -1.37. The third-order valence-corrected chi connectivity index (χ3v) is 4.10. The molecule has 1 aliphatic rings. The van der Waals surface area contributed by atoms with Crippen LogP contribution < -0.4 is 0 Å². The molecule has 0 amide bonds. The second-order valence-electron chi connectivity index (χ2n) is 5.56. The van der Waals surface area contributed by atoms with Crippen LogP contribution in [0.3, 0.4) is 0 Å². The van der Waals surface area contributed by atoms with Crippen molar-refractivity contribution in [3.63, 3.8) is 0 Å². The van der Waals surface area contributed by atoms with E-state index in [2.05, 4.69) is 30.6 Å². The maximum absolute atomic E-state index is 13.4. The molecule has 108 valence electrons. The minimum atomic E-state index is -0.282. The second kappa shape index (κ2) is 6.88. The first kappa shape index (κ1) is 15.0. The number of rotatable bonds is 2. The van der Waals surface area contributed by atoms with Crippen LogP contribution in [0, 0.1) is 17.7 Å². The Labute approximate surface area is 120 Å². The van der Waals surface area contributed by atoms with Gasteiger partial charge in [0.25, 0.3) is 0 Å². The van der Waals surface area contributed by atoms with Gasteiger partial charge < -0.3 is 5.11 Å². The number of nitrogens with zero attached hydrogens (tertiary/aromatic N) is 1. The van der Waals surface area contributed by atoms with Crippen molar-refractivity contribution in [3.8, 4) is 11.8 Å². The predicted molar refractivity (Wildman–Crippen MR) is 78.7 cm³/mol. The molecule has 2 nitrogen and oxygen atoms in total. The molecule has 1 aliphatic heterocycles. The van der Waals surface area contributed by atoms with Crippen LogP contribution in [0.25, 0.3) is 0 Å². The maximum Gasteiger partial charge on any atom is 0.124 e. The number of hydrogen-bond acceptors (Lipinski definition) is 2. The molecule has 1 saturated heterocycles. The van der Waals surface area contributed by atoms with Crippen molar-refractivity contribution < 1.29 is 9.50 Å². The smallest absolute Gasteiger partial charge is 0.124 e. The molecule has 1 aromatic carbocycles. The van der Waals surface area contributed by atoms with Crippen LogP contribution in [-0.2, 0) is 6.54 Å². The standard InChI is InChI=1S/C17H22FNO/c1-13-5-3-6-14(2)19(13)12-16-8-9-17(18)11-15(16)7-4-10-20/h8-9,11,13-14,20H,3,5-6,10,12H2,1-2H3. The molecule has 2 unspecified atom stereocenters.